The topological polar surface area (TPSA) is 65.4 Å². The summed E-state index contributed by atoms with van der Waals surface area (Å²) < 4.78 is 12.9. The predicted molar refractivity (Wildman–Crippen MR) is 96.0 cm³/mol. The fourth-order valence-electron chi connectivity index (χ4n) is 2.70. The highest BCUT2D eigenvalue weighted by Gasteiger charge is 2.30. The number of rotatable bonds is 9. The minimum absolute atomic E-state index is 0.0435. The van der Waals surface area contributed by atoms with Gasteiger partial charge in [0.1, 0.15) is 17.3 Å². The molecular weight excluding hydrogens is 318 g/mol. The lowest BCUT2D eigenvalue weighted by molar-refractivity contribution is -0.118. The van der Waals surface area contributed by atoms with Crippen molar-refractivity contribution in [2.45, 2.75) is 39.2 Å². The molecule has 134 valence electrons. The third-order valence-electron chi connectivity index (χ3n) is 4.29. The Labute approximate surface area is 148 Å². The lowest BCUT2D eigenvalue weighted by atomic mass is 10.2. The molecule has 3 rings (SSSR count). The Kier molecular flexibility index (Phi) is 5.58. The van der Waals surface area contributed by atoms with Crippen LogP contribution in [0.3, 0.4) is 0 Å². The summed E-state index contributed by atoms with van der Waals surface area (Å²) in [5.41, 5.74) is 0. The third-order valence-corrected chi connectivity index (χ3v) is 4.29. The minimum atomic E-state index is -0.198. The van der Waals surface area contributed by atoms with Crippen molar-refractivity contribution >= 4 is 11.7 Å². The van der Waals surface area contributed by atoms with Crippen LogP contribution < -0.4 is 14.8 Å². The summed E-state index contributed by atoms with van der Waals surface area (Å²) >= 11 is 0. The van der Waals surface area contributed by atoms with E-state index in [1.807, 2.05) is 22.9 Å². The largest absolute Gasteiger partial charge is 0.494 e. The molecule has 1 aromatic heterocycles. The molecule has 0 aliphatic heterocycles. The molecule has 1 aliphatic rings. The zero-order chi connectivity index (χ0) is 17.6. The fourth-order valence-corrected chi connectivity index (χ4v) is 2.70. The Hall–Kier alpha value is -2.50. The standard InChI is InChI=1S/C19H25N3O3/c1-3-12-24-16-6-8-17(9-7-16)25-13-19(23)21-18-10-11-20-22(18)14(2)15-4-5-15/h6-11,14-15H,3-5,12-13H2,1-2H3,(H,21,23). The van der Waals surface area contributed by atoms with Crippen LogP contribution in [0.2, 0.25) is 0 Å². The summed E-state index contributed by atoms with van der Waals surface area (Å²) in [7, 11) is 0. The second-order valence-electron chi connectivity index (χ2n) is 6.40. The van der Waals surface area contributed by atoms with Gasteiger partial charge in [0.15, 0.2) is 6.61 Å². The number of aromatic nitrogens is 2. The van der Waals surface area contributed by atoms with Crippen molar-refractivity contribution in [3.05, 3.63) is 36.5 Å². The minimum Gasteiger partial charge on any atom is -0.494 e. The Balaban J connectivity index is 1.49. The van der Waals surface area contributed by atoms with Gasteiger partial charge in [0.25, 0.3) is 5.91 Å². The molecule has 1 N–H and O–H groups in total. The van der Waals surface area contributed by atoms with E-state index in [1.54, 1.807) is 18.3 Å². The highest BCUT2D eigenvalue weighted by atomic mass is 16.5. The molecule has 0 saturated heterocycles. The Morgan fingerprint density at radius 3 is 2.56 bits per heavy atom. The second kappa shape index (κ2) is 8.05. The highest BCUT2D eigenvalue weighted by Crippen LogP contribution is 2.40. The molecule has 0 spiro atoms. The predicted octanol–water partition coefficient (Wildman–Crippen LogP) is 3.66. The van der Waals surface area contributed by atoms with Gasteiger partial charge in [-0.3, -0.25) is 4.79 Å². The molecule has 1 fully saturated rings. The molecule has 6 nitrogen and oxygen atoms in total. The van der Waals surface area contributed by atoms with Crippen molar-refractivity contribution < 1.29 is 14.3 Å². The molecule has 1 atom stereocenters. The van der Waals surface area contributed by atoms with Gasteiger partial charge in [-0.15, -0.1) is 0 Å². The van der Waals surface area contributed by atoms with Crippen LogP contribution in [-0.4, -0.2) is 28.9 Å². The van der Waals surface area contributed by atoms with Gasteiger partial charge in [0.2, 0.25) is 0 Å². The summed E-state index contributed by atoms with van der Waals surface area (Å²) in [6.07, 6.45) is 5.14. The van der Waals surface area contributed by atoms with Crippen molar-refractivity contribution in [1.29, 1.82) is 0 Å². The molecule has 1 aliphatic carbocycles. The number of hydrogen-bond donors (Lipinski definition) is 1. The molecule has 1 aromatic carbocycles. The normalized spacial score (nSPS) is 14.8. The van der Waals surface area contributed by atoms with Gasteiger partial charge < -0.3 is 14.8 Å². The van der Waals surface area contributed by atoms with E-state index >= 15 is 0 Å². The van der Waals surface area contributed by atoms with Crippen LogP contribution in [0.25, 0.3) is 0 Å². The number of carbonyl (C=O) groups excluding carboxylic acids is 1. The number of nitrogens with one attached hydrogen (secondary N) is 1. The molecule has 6 heteroatoms. The van der Waals surface area contributed by atoms with Gasteiger partial charge in [-0.25, -0.2) is 4.68 Å². The first kappa shape index (κ1) is 17.3. The first-order valence-electron chi connectivity index (χ1n) is 8.86. The summed E-state index contributed by atoms with van der Waals surface area (Å²) in [6.45, 7) is 4.85. The molecule has 2 aromatic rings. The van der Waals surface area contributed by atoms with E-state index in [0.717, 1.165) is 18.0 Å². The van der Waals surface area contributed by atoms with E-state index in [9.17, 15) is 4.79 Å². The quantitative estimate of drug-likeness (QED) is 0.754. The summed E-state index contributed by atoms with van der Waals surface area (Å²) in [4.78, 5) is 12.2. The molecule has 0 bridgehead atoms. The van der Waals surface area contributed by atoms with E-state index < -0.39 is 0 Å². The highest BCUT2D eigenvalue weighted by molar-refractivity contribution is 5.91. The van der Waals surface area contributed by atoms with Crippen LogP contribution >= 0.6 is 0 Å². The molecule has 25 heavy (non-hydrogen) atoms. The van der Waals surface area contributed by atoms with Gasteiger partial charge in [0, 0.05) is 6.07 Å². The van der Waals surface area contributed by atoms with Gasteiger partial charge in [-0.05, 0) is 56.4 Å². The number of nitrogens with zero attached hydrogens (tertiary/aromatic N) is 2. The van der Waals surface area contributed by atoms with Crippen LogP contribution in [0.4, 0.5) is 5.82 Å². The van der Waals surface area contributed by atoms with Crippen molar-refractivity contribution in [2.24, 2.45) is 5.92 Å². The van der Waals surface area contributed by atoms with Crippen LogP contribution in [0.1, 0.15) is 39.2 Å². The molecule has 1 unspecified atom stereocenters. The maximum absolute atomic E-state index is 12.2. The SMILES string of the molecule is CCCOc1ccc(OCC(=O)Nc2ccnn2C(C)C2CC2)cc1. The summed E-state index contributed by atoms with van der Waals surface area (Å²) in [6, 6.07) is 9.42. The Bertz CT molecular complexity index is 692. The Morgan fingerprint density at radius 2 is 1.92 bits per heavy atom. The second-order valence-corrected chi connectivity index (χ2v) is 6.40. The Morgan fingerprint density at radius 1 is 1.24 bits per heavy atom. The van der Waals surface area contributed by atoms with E-state index in [0.29, 0.717) is 24.3 Å². The molecule has 1 heterocycles. The van der Waals surface area contributed by atoms with Crippen LogP contribution in [-0.2, 0) is 4.79 Å². The number of carbonyl (C=O) groups is 1. The summed E-state index contributed by atoms with van der Waals surface area (Å²) in [5, 5.41) is 7.21. The third kappa shape index (κ3) is 4.75. The zero-order valence-corrected chi connectivity index (χ0v) is 14.8. The first-order chi connectivity index (χ1) is 12.2. The number of ether oxygens (including phenoxy) is 2. The number of hydrogen-bond acceptors (Lipinski definition) is 4. The van der Waals surface area contributed by atoms with Crippen LogP contribution in [0, 0.1) is 5.92 Å². The molecule has 1 saturated carbocycles. The van der Waals surface area contributed by atoms with Crippen molar-refractivity contribution in [3.8, 4) is 11.5 Å². The number of benzene rings is 1. The maximum Gasteiger partial charge on any atom is 0.263 e. The van der Waals surface area contributed by atoms with Crippen molar-refractivity contribution in [1.82, 2.24) is 9.78 Å². The molecule has 1 amide bonds. The fraction of sp³-hybridized carbons (Fsp3) is 0.474. The van der Waals surface area contributed by atoms with Gasteiger partial charge in [-0.1, -0.05) is 6.92 Å². The number of amides is 1. The lowest BCUT2D eigenvalue weighted by Gasteiger charge is -2.15. The monoisotopic (exact) mass is 343 g/mol. The number of anilines is 1. The van der Waals surface area contributed by atoms with E-state index in [4.69, 9.17) is 9.47 Å². The molecule has 0 radical (unpaired) electrons. The lowest BCUT2D eigenvalue weighted by Crippen LogP contribution is -2.23. The average molecular weight is 343 g/mol. The smallest absolute Gasteiger partial charge is 0.263 e. The van der Waals surface area contributed by atoms with Gasteiger partial charge >= 0.3 is 0 Å². The maximum atomic E-state index is 12.2. The van der Waals surface area contributed by atoms with Crippen LogP contribution in [0.5, 0.6) is 11.5 Å². The van der Waals surface area contributed by atoms with E-state index in [-0.39, 0.29) is 12.5 Å². The van der Waals surface area contributed by atoms with E-state index in [2.05, 4.69) is 24.3 Å². The first-order valence-corrected chi connectivity index (χ1v) is 8.86. The van der Waals surface area contributed by atoms with Gasteiger partial charge in [-0.2, -0.15) is 5.10 Å². The average Bonchev–Trinajstić information content (AvgIpc) is 3.38. The van der Waals surface area contributed by atoms with Crippen molar-refractivity contribution in [3.63, 3.8) is 0 Å². The van der Waals surface area contributed by atoms with E-state index in [1.165, 1.54) is 12.8 Å². The van der Waals surface area contributed by atoms with Crippen molar-refractivity contribution in [2.75, 3.05) is 18.5 Å². The van der Waals surface area contributed by atoms with Gasteiger partial charge in [0.05, 0.1) is 18.8 Å². The summed E-state index contributed by atoms with van der Waals surface area (Å²) in [5.74, 6) is 2.63. The van der Waals surface area contributed by atoms with Crippen LogP contribution in [0.15, 0.2) is 36.5 Å². The zero-order valence-electron chi connectivity index (χ0n) is 14.8. The molecular formula is C19H25N3O3.